The highest BCUT2D eigenvalue weighted by Crippen LogP contribution is 2.45. The van der Waals surface area contributed by atoms with Crippen LogP contribution in [0.25, 0.3) is 0 Å². The van der Waals surface area contributed by atoms with Crippen LogP contribution in [-0.2, 0) is 9.47 Å². The van der Waals surface area contributed by atoms with Gasteiger partial charge in [-0.2, -0.15) is 0 Å². The fourth-order valence-corrected chi connectivity index (χ4v) is 3.82. The van der Waals surface area contributed by atoms with E-state index in [1.807, 2.05) is 4.90 Å². The third-order valence-electron chi connectivity index (χ3n) is 5.16. The fourth-order valence-electron chi connectivity index (χ4n) is 3.82. The molecule has 2 rings (SSSR count). The van der Waals surface area contributed by atoms with E-state index in [4.69, 9.17) is 9.47 Å². The summed E-state index contributed by atoms with van der Waals surface area (Å²) < 4.78 is 12.3. The van der Waals surface area contributed by atoms with Crippen molar-refractivity contribution in [3.63, 3.8) is 0 Å². The molecule has 134 valence electrons. The molecular formula is C18H33NO4. The molecule has 0 aromatic carbocycles. The van der Waals surface area contributed by atoms with Crippen molar-refractivity contribution in [1.82, 2.24) is 4.90 Å². The van der Waals surface area contributed by atoms with Crippen LogP contribution < -0.4 is 0 Å². The monoisotopic (exact) mass is 327 g/mol. The Morgan fingerprint density at radius 2 is 1.96 bits per heavy atom. The average Bonchev–Trinajstić information content (AvgIpc) is 2.80. The summed E-state index contributed by atoms with van der Waals surface area (Å²) in [5, 5.41) is 18.4. The standard InChI is InChI=1S/C18H33NO4/c1-5-10-19(12-16(20)21)11-15-13-22-18(23-15)8-6-14(7-9-18)17(2,3)4/h5,14-16,20-21H,1,6-13H2,2-4H3. The summed E-state index contributed by atoms with van der Waals surface area (Å²) in [6.07, 6.45) is 4.60. The molecule has 0 amide bonds. The predicted octanol–water partition coefficient (Wildman–Crippen LogP) is 2.13. The van der Waals surface area contributed by atoms with Gasteiger partial charge in [-0.05, 0) is 24.2 Å². The van der Waals surface area contributed by atoms with Crippen LogP contribution in [0, 0.1) is 11.3 Å². The van der Waals surface area contributed by atoms with Crippen LogP contribution in [0.2, 0.25) is 0 Å². The number of nitrogens with zero attached hydrogens (tertiary/aromatic N) is 1. The van der Waals surface area contributed by atoms with Crippen molar-refractivity contribution in [1.29, 1.82) is 0 Å². The molecule has 1 spiro atoms. The number of hydrogen-bond donors (Lipinski definition) is 2. The Kier molecular flexibility index (Phi) is 6.25. The highest BCUT2D eigenvalue weighted by molar-refractivity contribution is 4.89. The van der Waals surface area contributed by atoms with E-state index in [2.05, 4.69) is 27.4 Å². The minimum atomic E-state index is -1.34. The molecule has 1 heterocycles. The molecule has 5 nitrogen and oxygen atoms in total. The van der Waals surface area contributed by atoms with Gasteiger partial charge in [0.05, 0.1) is 12.7 Å². The predicted molar refractivity (Wildman–Crippen MR) is 89.8 cm³/mol. The Morgan fingerprint density at radius 1 is 1.30 bits per heavy atom. The van der Waals surface area contributed by atoms with Crippen LogP contribution in [-0.4, -0.2) is 59.5 Å². The van der Waals surface area contributed by atoms with Gasteiger partial charge in [-0.25, -0.2) is 0 Å². The first kappa shape index (κ1) is 18.9. The zero-order valence-electron chi connectivity index (χ0n) is 14.8. The van der Waals surface area contributed by atoms with E-state index >= 15 is 0 Å². The van der Waals surface area contributed by atoms with Gasteiger partial charge < -0.3 is 19.7 Å². The van der Waals surface area contributed by atoms with Gasteiger partial charge in [-0.3, -0.25) is 4.90 Å². The summed E-state index contributed by atoms with van der Waals surface area (Å²) in [5.41, 5.74) is 0.345. The molecule has 0 aromatic heterocycles. The summed E-state index contributed by atoms with van der Waals surface area (Å²) in [6, 6.07) is 0. The van der Waals surface area contributed by atoms with E-state index in [9.17, 15) is 10.2 Å². The minimum Gasteiger partial charge on any atom is -0.367 e. The molecule has 1 aliphatic heterocycles. The lowest BCUT2D eigenvalue weighted by atomic mass is 9.71. The number of hydrogen-bond acceptors (Lipinski definition) is 5. The molecule has 1 saturated heterocycles. The normalized spacial score (nSPS) is 32.1. The Bertz CT molecular complexity index is 383. The van der Waals surface area contributed by atoms with Gasteiger partial charge in [0.2, 0.25) is 0 Å². The molecule has 1 saturated carbocycles. The summed E-state index contributed by atoms with van der Waals surface area (Å²) in [7, 11) is 0. The first-order valence-electron chi connectivity index (χ1n) is 8.75. The lowest BCUT2D eigenvalue weighted by Gasteiger charge is -2.41. The van der Waals surface area contributed by atoms with Crippen molar-refractivity contribution in [3.8, 4) is 0 Å². The molecule has 2 aliphatic rings. The zero-order chi connectivity index (χ0) is 17.1. The highest BCUT2D eigenvalue weighted by atomic mass is 16.7. The van der Waals surface area contributed by atoms with Gasteiger partial charge in [0, 0.05) is 32.5 Å². The van der Waals surface area contributed by atoms with Gasteiger partial charge in [0.15, 0.2) is 12.1 Å². The topological polar surface area (TPSA) is 62.2 Å². The van der Waals surface area contributed by atoms with Crippen molar-refractivity contribution in [2.75, 3.05) is 26.2 Å². The molecule has 5 heteroatoms. The molecule has 1 unspecified atom stereocenters. The first-order chi connectivity index (χ1) is 10.7. The van der Waals surface area contributed by atoms with Gasteiger partial charge in [0.25, 0.3) is 0 Å². The van der Waals surface area contributed by atoms with Crippen LogP contribution in [0.3, 0.4) is 0 Å². The quantitative estimate of drug-likeness (QED) is 0.578. The number of ether oxygens (including phenoxy) is 2. The first-order valence-corrected chi connectivity index (χ1v) is 8.75. The maximum atomic E-state index is 9.18. The second-order valence-corrected chi connectivity index (χ2v) is 8.09. The Labute approximate surface area is 140 Å². The van der Waals surface area contributed by atoms with Crippen molar-refractivity contribution < 1.29 is 19.7 Å². The molecule has 1 atom stereocenters. The van der Waals surface area contributed by atoms with Crippen molar-refractivity contribution in [2.45, 2.75) is 64.6 Å². The fraction of sp³-hybridized carbons (Fsp3) is 0.889. The zero-order valence-corrected chi connectivity index (χ0v) is 14.8. The molecule has 0 aromatic rings. The molecule has 2 fully saturated rings. The van der Waals surface area contributed by atoms with Crippen molar-refractivity contribution in [3.05, 3.63) is 12.7 Å². The third-order valence-corrected chi connectivity index (χ3v) is 5.16. The number of rotatable bonds is 6. The van der Waals surface area contributed by atoms with Gasteiger partial charge in [0.1, 0.15) is 0 Å². The van der Waals surface area contributed by atoms with E-state index in [-0.39, 0.29) is 12.6 Å². The Hall–Kier alpha value is -0.460. The summed E-state index contributed by atoms with van der Waals surface area (Å²) in [6.45, 7) is 12.7. The maximum Gasteiger partial charge on any atom is 0.168 e. The molecule has 2 N–H and O–H groups in total. The largest absolute Gasteiger partial charge is 0.367 e. The summed E-state index contributed by atoms with van der Waals surface area (Å²) in [4.78, 5) is 1.94. The van der Waals surface area contributed by atoms with Crippen LogP contribution in [0.1, 0.15) is 46.5 Å². The highest BCUT2D eigenvalue weighted by Gasteiger charge is 2.46. The Morgan fingerprint density at radius 3 is 2.48 bits per heavy atom. The second-order valence-electron chi connectivity index (χ2n) is 8.09. The lowest BCUT2D eigenvalue weighted by Crippen LogP contribution is -2.41. The number of aliphatic hydroxyl groups is 2. The second kappa shape index (κ2) is 7.62. The van der Waals surface area contributed by atoms with E-state index in [0.717, 1.165) is 31.6 Å². The summed E-state index contributed by atoms with van der Waals surface area (Å²) in [5.74, 6) is 0.311. The van der Waals surface area contributed by atoms with Crippen LogP contribution in [0.5, 0.6) is 0 Å². The molecule has 0 bridgehead atoms. The Balaban J connectivity index is 1.85. The average molecular weight is 327 g/mol. The van der Waals surface area contributed by atoms with Crippen LogP contribution in [0.4, 0.5) is 0 Å². The van der Waals surface area contributed by atoms with Crippen LogP contribution in [0.15, 0.2) is 12.7 Å². The number of aliphatic hydroxyl groups excluding tert-OH is 1. The molecule has 23 heavy (non-hydrogen) atoms. The van der Waals surface area contributed by atoms with Gasteiger partial charge in [-0.1, -0.05) is 26.8 Å². The van der Waals surface area contributed by atoms with Crippen LogP contribution >= 0.6 is 0 Å². The summed E-state index contributed by atoms with van der Waals surface area (Å²) >= 11 is 0. The molecular weight excluding hydrogens is 294 g/mol. The minimum absolute atomic E-state index is 0.0140. The van der Waals surface area contributed by atoms with E-state index in [1.165, 1.54) is 0 Å². The molecule has 0 radical (unpaired) electrons. The van der Waals surface area contributed by atoms with Crippen molar-refractivity contribution in [2.24, 2.45) is 11.3 Å². The SMILES string of the molecule is C=CCN(CC(O)O)CC1COC2(CCC(C(C)(C)C)CC2)O1. The van der Waals surface area contributed by atoms with E-state index in [1.54, 1.807) is 6.08 Å². The van der Waals surface area contributed by atoms with Gasteiger partial charge in [-0.15, -0.1) is 6.58 Å². The van der Waals surface area contributed by atoms with Gasteiger partial charge >= 0.3 is 0 Å². The van der Waals surface area contributed by atoms with E-state index in [0.29, 0.717) is 25.1 Å². The smallest absolute Gasteiger partial charge is 0.168 e. The third kappa shape index (κ3) is 5.26. The maximum absolute atomic E-state index is 9.18. The lowest BCUT2D eigenvalue weighted by molar-refractivity contribution is -0.198. The molecule has 1 aliphatic carbocycles. The van der Waals surface area contributed by atoms with Crippen molar-refractivity contribution >= 4 is 0 Å². The van der Waals surface area contributed by atoms with E-state index < -0.39 is 12.1 Å².